The van der Waals surface area contributed by atoms with Crippen LogP contribution in [0.3, 0.4) is 0 Å². The number of nitrogens with zero attached hydrogens (tertiary/aromatic N) is 2. The molecule has 0 bridgehead atoms. The van der Waals surface area contributed by atoms with E-state index < -0.39 is 5.92 Å². The summed E-state index contributed by atoms with van der Waals surface area (Å²) >= 11 is 7.30. The van der Waals surface area contributed by atoms with Gasteiger partial charge in [-0.05, 0) is 80.7 Å². The molecule has 29 heavy (non-hydrogen) atoms. The second-order valence-corrected chi connectivity index (χ2v) is 11.2. The van der Waals surface area contributed by atoms with Crippen LogP contribution >= 0.6 is 49.9 Å². The molecule has 2 aliphatic rings. The maximum Gasteiger partial charge on any atom is 0.162 e. The Hall–Kier alpha value is -1.63. The average molecular weight is 580 g/mol. The monoisotopic (exact) mass is 579 g/mol. The van der Waals surface area contributed by atoms with Crippen molar-refractivity contribution in [1.29, 1.82) is 5.26 Å². The molecule has 1 aromatic heterocycles. The highest BCUT2D eigenvalue weighted by Crippen LogP contribution is 2.51. The van der Waals surface area contributed by atoms with E-state index in [9.17, 15) is 10.1 Å². The minimum absolute atomic E-state index is 0.0986. The normalized spacial score (nSPS) is 21.3. The van der Waals surface area contributed by atoms with Gasteiger partial charge in [0.25, 0.3) is 0 Å². The maximum atomic E-state index is 13.4. The Morgan fingerprint density at radius 1 is 1.31 bits per heavy atom. The fourth-order valence-electron chi connectivity index (χ4n) is 4.16. The smallest absolute Gasteiger partial charge is 0.162 e. The molecule has 2 heterocycles. The Labute approximate surface area is 196 Å². The summed E-state index contributed by atoms with van der Waals surface area (Å²) in [5.41, 5.74) is 9.38. The van der Waals surface area contributed by atoms with Gasteiger partial charge in [0.1, 0.15) is 5.82 Å². The number of nitriles is 1. The summed E-state index contributed by atoms with van der Waals surface area (Å²) in [5, 5.41) is 12.0. The minimum atomic E-state index is -0.407. The van der Waals surface area contributed by atoms with E-state index in [-0.39, 0.29) is 11.2 Å². The van der Waals surface area contributed by atoms with Gasteiger partial charge in [0.2, 0.25) is 0 Å². The van der Waals surface area contributed by atoms with E-state index in [4.69, 9.17) is 5.73 Å². The third-order valence-corrected chi connectivity index (χ3v) is 7.82. The number of carbonyl (C=O) groups is 1. The predicted molar refractivity (Wildman–Crippen MR) is 128 cm³/mol. The molecule has 1 aliphatic heterocycles. The fourth-order valence-corrected chi connectivity index (χ4v) is 6.08. The van der Waals surface area contributed by atoms with Crippen molar-refractivity contribution in [3.05, 3.63) is 71.3 Å². The molecule has 1 aliphatic carbocycles. The Morgan fingerprint density at radius 3 is 2.59 bits per heavy atom. The fraction of sp³-hybridized carbons (Fsp3) is 0.273. The summed E-state index contributed by atoms with van der Waals surface area (Å²) in [5.74, 6) is 0.101. The van der Waals surface area contributed by atoms with Crippen LogP contribution in [-0.2, 0) is 4.79 Å². The maximum absolute atomic E-state index is 13.4. The third kappa shape index (κ3) is 3.66. The van der Waals surface area contributed by atoms with Crippen molar-refractivity contribution < 1.29 is 4.79 Å². The molecule has 2 aromatic rings. The van der Waals surface area contributed by atoms with Crippen LogP contribution < -0.4 is 10.6 Å². The first kappa shape index (κ1) is 20.6. The SMILES string of the molecule is CC1(C)CC(=O)C2=C(C1)N(c1ccc(I)cc1)C(N)=C(C#N)C2c1cc(Br)cs1. The van der Waals surface area contributed by atoms with Gasteiger partial charge < -0.3 is 5.73 Å². The molecule has 1 unspecified atom stereocenters. The number of allylic oxidation sites excluding steroid dienone is 3. The number of Topliss-reactive ketones (excluding diaryl/α,β-unsaturated/α-hetero) is 1. The van der Waals surface area contributed by atoms with Crippen molar-refractivity contribution in [2.45, 2.75) is 32.6 Å². The lowest BCUT2D eigenvalue weighted by atomic mass is 9.69. The van der Waals surface area contributed by atoms with Crippen LogP contribution in [0, 0.1) is 20.3 Å². The van der Waals surface area contributed by atoms with Gasteiger partial charge in [-0.25, -0.2) is 0 Å². The van der Waals surface area contributed by atoms with Crippen LogP contribution in [0.25, 0.3) is 0 Å². The van der Waals surface area contributed by atoms with E-state index in [1.54, 1.807) is 11.3 Å². The highest BCUT2D eigenvalue weighted by atomic mass is 127. The molecule has 0 radical (unpaired) electrons. The van der Waals surface area contributed by atoms with Gasteiger partial charge >= 0.3 is 0 Å². The number of halogens is 2. The third-order valence-electron chi connectivity index (χ3n) is 5.34. The highest BCUT2D eigenvalue weighted by Gasteiger charge is 2.45. The van der Waals surface area contributed by atoms with Crippen molar-refractivity contribution in [3.63, 3.8) is 0 Å². The lowest BCUT2D eigenvalue weighted by Crippen LogP contribution is -2.42. The zero-order valence-corrected chi connectivity index (χ0v) is 20.6. The zero-order valence-electron chi connectivity index (χ0n) is 16.0. The van der Waals surface area contributed by atoms with Crippen LogP contribution in [0.4, 0.5) is 5.69 Å². The summed E-state index contributed by atoms with van der Waals surface area (Å²) < 4.78 is 2.06. The summed E-state index contributed by atoms with van der Waals surface area (Å²) in [6.07, 6.45) is 1.19. The van der Waals surface area contributed by atoms with E-state index in [1.165, 1.54) is 0 Å². The summed E-state index contributed by atoms with van der Waals surface area (Å²) in [4.78, 5) is 16.2. The molecular formula is C22H19BrIN3OS. The van der Waals surface area contributed by atoms with Crippen molar-refractivity contribution in [1.82, 2.24) is 0 Å². The molecule has 0 saturated carbocycles. The Kier molecular flexibility index (Phi) is 5.38. The zero-order chi connectivity index (χ0) is 20.9. The Balaban J connectivity index is 1.99. The number of thiophene rings is 1. The van der Waals surface area contributed by atoms with E-state index in [0.29, 0.717) is 23.4 Å². The van der Waals surface area contributed by atoms with Gasteiger partial charge in [0.05, 0.1) is 17.6 Å². The van der Waals surface area contributed by atoms with Crippen molar-refractivity contribution >= 4 is 61.3 Å². The topological polar surface area (TPSA) is 70.1 Å². The van der Waals surface area contributed by atoms with Gasteiger partial charge in [-0.15, -0.1) is 11.3 Å². The van der Waals surface area contributed by atoms with Crippen LogP contribution in [-0.4, -0.2) is 5.78 Å². The number of hydrogen-bond acceptors (Lipinski definition) is 5. The van der Waals surface area contributed by atoms with E-state index >= 15 is 0 Å². The molecule has 1 atom stereocenters. The highest BCUT2D eigenvalue weighted by molar-refractivity contribution is 14.1. The first-order valence-electron chi connectivity index (χ1n) is 9.17. The molecule has 4 rings (SSSR count). The second kappa shape index (κ2) is 7.56. The standard InChI is InChI=1S/C22H19BrIN3OS/c1-22(2)8-16-20(17(28)9-22)19(18-7-12(23)11-29-18)15(10-25)21(26)27(16)14-5-3-13(24)4-6-14/h3-7,11,19H,8-9,26H2,1-2H3. The summed E-state index contributed by atoms with van der Waals surface area (Å²) in [6, 6.07) is 12.3. The molecule has 0 saturated heterocycles. The number of rotatable bonds is 2. The molecule has 1 aromatic carbocycles. The average Bonchev–Trinajstić information content (AvgIpc) is 3.07. The van der Waals surface area contributed by atoms with Gasteiger partial charge in [0.15, 0.2) is 5.78 Å². The number of anilines is 1. The largest absolute Gasteiger partial charge is 0.384 e. The van der Waals surface area contributed by atoms with E-state index in [2.05, 4.69) is 58.4 Å². The van der Waals surface area contributed by atoms with Crippen molar-refractivity contribution in [2.75, 3.05) is 4.90 Å². The number of nitrogens with two attached hydrogens (primary N) is 1. The number of hydrogen-bond donors (Lipinski definition) is 1. The molecular weight excluding hydrogens is 561 g/mol. The van der Waals surface area contributed by atoms with Gasteiger partial charge in [-0.2, -0.15) is 5.26 Å². The minimum Gasteiger partial charge on any atom is -0.384 e. The predicted octanol–water partition coefficient (Wildman–Crippen LogP) is 6.06. The summed E-state index contributed by atoms with van der Waals surface area (Å²) in [7, 11) is 0. The van der Waals surface area contributed by atoms with Crippen molar-refractivity contribution in [2.24, 2.45) is 11.1 Å². The first-order chi connectivity index (χ1) is 13.7. The Bertz CT molecular complexity index is 1110. The van der Waals surface area contributed by atoms with E-state index in [0.717, 1.165) is 30.7 Å². The number of ketones is 1. The van der Waals surface area contributed by atoms with E-state index in [1.807, 2.05) is 40.6 Å². The van der Waals surface area contributed by atoms with Crippen LogP contribution in [0.15, 0.2) is 62.8 Å². The number of benzene rings is 1. The lowest BCUT2D eigenvalue weighted by Gasteiger charge is -2.43. The quantitative estimate of drug-likeness (QED) is 0.439. The molecule has 0 fully saturated rings. The second-order valence-electron chi connectivity index (χ2n) is 8.12. The van der Waals surface area contributed by atoms with Gasteiger partial charge in [-0.3, -0.25) is 9.69 Å². The van der Waals surface area contributed by atoms with Crippen LogP contribution in [0.2, 0.25) is 0 Å². The lowest BCUT2D eigenvalue weighted by molar-refractivity contribution is -0.118. The van der Waals surface area contributed by atoms with Gasteiger partial charge in [-0.1, -0.05) is 13.8 Å². The number of carbonyl (C=O) groups excluding carboxylic acids is 1. The molecule has 7 heteroatoms. The molecule has 4 nitrogen and oxygen atoms in total. The molecule has 148 valence electrons. The van der Waals surface area contributed by atoms with Crippen LogP contribution in [0.1, 0.15) is 37.5 Å². The molecule has 2 N–H and O–H groups in total. The van der Waals surface area contributed by atoms with Gasteiger partial charge in [0, 0.05) is 41.7 Å². The first-order valence-corrected chi connectivity index (χ1v) is 11.9. The summed E-state index contributed by atoms with van der Waals surface area (Å²) in [6.45, 7) is 4.22. The Morgan fingerprint density at radius 2 is 2.00 bits per heavy atom. The molecule has 0 amide bonds. The van der Waals surface area contributed by atoms with Crippen molar-refractivity contribution in [3.8, 4) is 6.07 Å². The van der Waals surface area contributed by atoms with Crippen LogP contribution in [0.5, 0.6) is 0 Å². The molecule has 0 spiro atoms.